The number of aromatic nitrogens is 1. The minimum Gasteiger partial charge on any atom is -0.448 e. The summed E-state index contributed by atoms with van der Waals surface area (Å²) in [7, 11) is 0. The lowest BCUT2D eigenvalue weighted by molar-refractivity contribution is -0.0331. The second kappa shape index (κ2) is 8.12. The quantitative estimate of drug-likeness (QED) is 0.571. The van der Waals surface area contributed by atoms with Crippen molar-refractivity contribution in [1.29, 1.82) is 0 Å². The molecule has 1 aliphatic carbocycles. The van der Waals surface area contributed by atoms with Gasteiger partial charge in [-0.3, -0.25) is 9.88 Å². The van der Waals surface area contributed by atoms with Gasteiger partial charge < -0.3 is 9.47 Å². The molecule has 3 heterocycles. The molecule has 166 valence electrons. The van der Waals surface area contributed by atoms with Crippen LogP contribution in [0.1, 0.15) is 29.0 Å². The summed E-state index contributed by atoms with van der Waals surface area (Å²) in [5.74, 6) is -0.347. The number of rotatable bonds is 3. The van der Waals surface area contributed by atoms with E-state index in [2.05, 4.69) is 29.2 Å². The predicted molar refractivity (Wildman–Crippen MR) is 122 cm³/mol. The van der Waals surface area contributed by atoms with Gasteiger partial charge in [-0.1, -0.05) is 54.6 Å². The molecule has 0 N–H and O–H groups in total. The molecule has 1 saturated heterocycles. The first-order valence-electron chi connectivity index (χ1n) is 11.2. The second-order valence-corrected chi connectivity index (χ2v) is 8.76. The van der Waals surface area contributed by atoms with E-state index in [0.29, 0.717) is 19.6 Å². The van der Waals surface area contributed by atoms with Crippen molar-refractivity contribution < 1.29 is 18.7 Å². The first kappa shape index (κ1) is 20.1. The highest BCUT2D eigenvalue weighted by Gasteiger charge is 2.40. The molecule has 2 aromatic carbocycles. The van der Waals surface area contributed by atoms with Crippen LogP contribution in [0.5, 0.6) is 0 Å². The number of hydrogen-bond acceptors (Lipinski definition) is 4. The molecule has 1 fully saturated rings. The summed E-state index contributed by atoms with van der Waals surface area (Å²) < 4.78 is 25.3. The topological polar surface area (TPSA) is 51.7 Å². The van der Waals surface area contributed by atoms with Crippen LogP contribution < -0.4 is 0 Å². The summed E-state index contributed by atoms with van der Waals surface area (Å²) in [6, 6.07) is 17.7. The average molecular weight is 442 g/mol. The molecule has 3 aromatic rings. The molecular formula is C27H23FN2O3. The Morgan fingerprint density at radius 3 is 2.48 bits per heavy atom. The normalized spacial score (nSPS) is 21.2. The van der Waals surface area contributed by atoms with Crippen LogP contribution in [0.25, 0.3) is 16.7 Å². The van der Waals surface area contributed by atoms with E-state index in [9.17, 15) is 9.18 Å². The molecule has 1 aromatic heterocycles. The lowest BCUT2D eigenvalue weighted by Gasteiger charge is -2.43. The van der Waals surface area contributed by atoms with Crippen LogP contribution >= 0.6 is 0 Å². The Hall–Kier alpha value is -3.51. The van der Waals surface area contributed by atoms with Crippen molar-refractivity contribution in [3.05, 3.63) is 95.6 Å². The summed E-state index contributed by atoms with van der Waals surface area (Å²) in [6.45, 7) is 1.11. The lowest BCUT2D eigenvalue weighted by Crippen LogP contribution is -2.56. The number of nitrogens with zero attached hydrogens (tertiary/aromatic N) is 2. The SMILES string of the molecule is O=C(OCC1c2ccccc2-c2ccccc21)N1C2C=C(c3cncc(F)c3)CC1COC2. The van der Waals surface area contributed by atoms with Gasteiger partial charge in [-0.2, -0.15) is 0 Å². The van der Waals surface area contributed by atoms with Gasteiger partial charge in [0, 0.05) is 12.1 Å². The largest absolute Gasteiger partial charge is 0.448 e. The van der Waals surface area contributed by atoms with Crippen molar-refractivity contribution in [2.45, 2.75) is 24.4 Å². The van der Waals surface area contributed by atoms with Gasteiger partial charge in [0.05, 0.1) is 31.5 Å². The summed E-state index contributed by atoms with van der Waals surface area (Å²) >= 11 is 0. The van der Waals surface area contributed by atoms with Gasteiger partial charge in [-0.05, 0) is 45.9 Å². The molecule has 5 nitrogen and oxygen atoms in total. The standard InChI is InChI=1S/C27H23FN2O3/c28-19-9-18(12-29-13-19)17-10-20-14-32-15-21(11-17)30(20)27(31)33-16-26-24-7-3-1-5-22(24)23-6-2-4-8-25(23)26/h1-10,12-13,20-21,26H,11,14-16H2. The van der Waals surface area contributed by atoms with Crippen LogP contribution in [-0.2, 0) is 9.47 Å². The van der Waals surface area contributed by atoms with E-state index in [1.807, 2.05) is 30.3 Å². The van der Waals surface area contributed by atoms with Crippen LogP contribution in [-0.4, -0.2) is 47.9 Å². The molecule has 33 heavy (non-hydrogen) atoms. The molecule has 2 aliphatic heterocycles. The van der Waals surface area contributed by atoms with Gasteiger partial charge in [0.15, 0.2) is 0 Å². The zero-order chi connectivity index (χ0) is 22.4. The molecule has 2 atom stereocenters. The number of halogens is 1. The van der Waals surface area contributed by atoms with Gasteiger partial charge >= 0.3 is 6.09 Å². The number of carbonyl (C=O) groups is 1. The molecule has 0 spiro atoms. The molecule has 6 rings (SSSR count). The fraction of sp³-hybridized carbons (Fsp3) is 0.259. The number of fused-ring (bicyclic) bond motifs is 5. The Bertz CT molecular complexity index is 1210. The smallest absolute Gasteiger partial charge is 0.410 e. The molecule has 6 heteroatoms. The van der Waals surface area contributed by atoms with Crippen LogP contribution in [0.4, 0.5) is 9.18 Å². The van der Waals surface area contributed by atoms with Crippen molar-refractivity contribution in [1.82, 2.24) is 9.88 Å². The molecule has 0 radical (unpaired) electrons. The van der Waals surface area contributed by atoms with Crippen LogP contribution in [0.3, 0.4) is 0 Å². The van der Waals surface area contributed by atoms with Crippen molar-refractivity contribution in [2.75, 3.05) is 19.8 Å². The van der Waals surface area contributed by atoms with Gasteiger partial charge in [0.2, 0.25) is 0 Å². The van der Waals surface area contributed by atoms with Crippen molar-refractivity contribution >= 4 is 11.7 Å². The lowest BCUT2D eigenvalue weighted by atomic mass is 9.91. The number of carbonyl (C=O) groups excluding carboxylic acids is 1. The average Bonchev–Trinajstić information content (AvgIpc) is 3.15. The van der Waals surface area contributed by atoms with Crippen LogP contribution in [0, 0.1) is 5.82 Å². The predicted octanol–water partition coefficient (Wildman–Crippen LogP) is 5.03. The molecular weight excluding hydrogens is 419 g/mol. The Labute approximate surface area is 191 Å². The van der Waals surface area contributed by atoms with Crippen LogP contribution in [0.2, 0.25) is 0 Å². The van der Waals surface area contributed by atoms with E-state index in [4.69, 9.17) is 9.47 Å². The maximum absolute atomic E-state index is 13.7. The number of hydrogen-bond donors (Lipinski definition) is 0. The van der Waals surface area contributed by atoms with Crippen molar-refractivity contribution in [3.63, 3.8) is 0 Å². The third-order valence-corrected chi connectivity index (χ3v) is 6.82. The molecule has 1 amide bonds. The highest BCUT2D eigenvalue weighted by atomic mass is 19.1. The first-order chi connectivity index (χ1) is 16.2. The third-order valence-electron chi connectivity index (χ3n) is 6.82. The zero-order valence-corrected chi connectivity index (χ0v) is 18.0. The van der Waals surface area contributed by atoms with Crippen molar-refractivity contribution in [3.8, 4) is 11.1 Å². The molecule has 3 aliphatic rings. The Kier molecular flexibility index (Phi) is 4.95. The van der Waals surface area contributed by atoms with E-state index < -0.39 is 0 Å². The number of amides is 1. The molecule has 0 saturated carbocycles. The first-order valence-corrected chi connectivity index (χ1v) is 11.2. The summed E-state index contributed by atoms with van der Waals surface area (Å²) in [4.78, 5) is 19.0. The minimum atomic E-state index is -0.367. The maximum atomic E-state index is 13.7. The fourth-order valence-corrected chi connectivity index (χ4v) is 5.35. The van der Waals surface area contributed by atoms with E-state index in [0.717, 1.165) is 11.1 Å². The zero-order valence-electron chi connectivity index (χ0n) is 18.0. The van der Waals surface area contributed by atoms with E-state index >= 15 is 0 Å². The van der Waals surface area contributed by atoms with Crippen molar-refractivity contribution in [2.24, 2.45) is 0 Å². The fourth-order valence-electron chi connectivity index (χ4n) is 5.35. The molecule has 2 bridgehead atoms. The number of pyridine rings is 1. The summed E-state index contributed by atoms with van der Waals surface area (Å²) in [5.41, 5.74) is 6.52. The highest BCUT2D eigenvalue weighted by molar-refractivity contribution is 5.79. The van der Waals surface area contributed by atoms with E-state index in [-0.39, 0.29) is 36.5 Å². The molecule has 2 unspecified atom stereocenters. The number of morpholine rings is 1. The Morgan fingerprint density at radius 1 is 1.06 bits per heavy atom. The third kappa shape index (κ3) is 3.51. The van der Waals surface area contributed by atoms with E-state index in [1.54, 1.807) is 11.1 Å². The van der Waals surface area contributed by atoms with E-state index in [1.165, 1.54) is 34.5 Å². The number of benzene rings is 2. The Balaban J connectivity index is 1.22. The Morgan fingerprint density at radius 2 is 1.79 bits per heavy atom. The van der Waals surface area contributed by atoms with Crippen LogP contribution in [0.15, 0.2) is 73.1 Å². The monoisotopic (exact) mass is 442 g/mol. The maximum Gasteiger partial charge on any atom is 0.410 e. The van der Waals surface area contributed by atoms with Gasteiger partial charge in [-0.15, -0.1) is 0 Å². The number of ether oxygens (including phenoxy) is 2. The minimum absolute atomic E-state index is 0.0201. The van der Waals surface area contributed by atoms with Gasteiger partial charge in [-0.25, -0.2) is 9.18 Å². The second-order valence-electron chi connectivity index (χ2n) is 8.76. The highest BCUT2D eigenvalue weighted by Crippen LogP contribution is 2.44. The summed E-state index contributed by atoms with van der Waals surface area (Å²) in [5, 5.41) is 0. The van der Waals surface area contributed by atoms with Gasteiger partial charge in [0.1, 0.15) is 12.4 Å². The summed E-state index contributed by atoms with van der Waals surface area (Å²) in [6.07, 6.45) is 5.08. The van der Waals surface area contributed by atoms with Gasteiger partial charge in [0.25, 0.3) is 0 Å².